The van der Waals surface area contributed by atoms with Gasteiger partial charge in [-0.1, -0.05) is 35.9 Å². The molecule has 0 aliphatic carbocycles. The van der Waals surface area contributed by atoms with Crippen LogP contribution >= 0.6 is 11.6 Å². The van der Waals surface area contributed by atoms with Crippen LogP contribution in [0.3, 0.4) is 0 Å². The lowest BCUT2D eigenvalue weighted by molar-refractivity contribution is -0.139. The number of benzene rings is 2. The molecule has 1 amide bonds. The second-order valence-corrected chi connectivity index (χ2v) is 10.7. The molecule has 3 aromatic rings. The monoisotopic (exact) mass is 520 g/mol. The minimum absolute atomic E-state index is 0.103. The summed E-state index contributed by atoms with van der Waals surface area (Å²) < 4.78 is 0. The number of hydrogen-bond acceptors (Lipinski definition) is 5. The van der Waals surface area contributed by atoms with E-state index in [9.17, 15) is 9.90 Å². The molecule has 7 heteroatoms. The lowest BCUT2D eigenvalue weighted by Gasteiger charge is -2.34. The van der Waals surface area contributed by atoms with E-state index >= 15 is 0 Å². The topological polar surface area (TPSA) is 69.6 Å². The summed E-state index contributed by atoms with van der Waals surface area (Å²) >= 11 is 6.02. The van der Waals surface area contributed by atoms with Gasteiger partial charge in [-0.25, -0.2) is 9.97 Å². The van der Waals surface area contributed by atoms with Gasteiger partial charge in [0.25, 0.3) is 0 Å². The van der Waals surface area contributed by atoms with Gasteiger partial charge in [0.05, 0.1) is 10.7 Å². The second kappa shape index (κ2) is 12.5. The molecule has 6 nitrogen and oxygen atoms in total. The summed E-state index contributed by atoms with van der Waals surface area (Å²) in [6.07, 6.45) is 6.14. The summed E-state index contributed by atoms with van der Waals surface area (Å²) in [5.74, 6) is 1.29. The minimum Gasteiger partial charge on any atom is -0.506 e. The van der Waals surface area contributed by atoms with Crippen LogP contribution in [-0.2, 0) is 24.2 Å². The second-order valence-electron chi connectivity index (χ2n) is 10.3. The number of amides is 1. The van der Waals surface area contributed by atoms with E-state index in [4.69, 9.17) is 16.6 Å². The van der Waals surface area contributed by atoms with Crippen molar-refractivity contribution in [3.63, 3.8) is 0 Å². The van der Waals surface area contributed by atoms with Crippen LogP contribution in [0, 0.1) is 5.92 Å². The molecule has 196 valence electrons. The molecular weight excluding hydrogens is 484 g/mol. The van der Waals surface area contributed by atoms with Crippen molar-refractivity contribution in [2.24, 2.45) is 5.92 Å². The van der Waals surface area contributed by atoms with Crippen molar-refractivity contribution in [2.45, 2.75) is 58.5 Å². The molecule has 0 bridgehead atoms. The third kappa shape index (κ3) is 7.30. The zero-order valence-corrected chi connectivity index (χ0v) is 22.8. The van der Waals surface area contributed by atoms with Crippen LogP contribution in [-0.4, -0.2) is 57.0 Å². The van der Waals surface area contributed by atoms with Gasteiger partial charge in [-0.05, 0) is 95.1 Å². The third-order valence-electron chi connectivity index (χ3n) is 7.13. The minimum atomic E-state index is 0.103. The summed E-state index contributed by atoms with van der Waals surface area (Å²) in [7, 11) is 2.12. The molecule has 1 saturated heterocycles. The predicted octanol–water partition coefficient (Wildman–Crippen LogP) is 5.76. The molecule has 1 aliphatic rings. The highest BCUT2D eigenvalue weighted by Crippen LogP contribution is 2.25. The normalized spacial score (nSPS) is 14.7. The van der Waals surface area contributed by atoms with Crippen LogP contribution in [0.15, 0.2) is 54.7 Å². The van der Waals surface area contributed by atoms with Crippen LogP contribution in [0.4, 0.5) is 0 Å². The van der Waals surface area contributed by atoms with E-state index in [2.05, 4.69) is 49.0 Å². The number of likely N-dealkylation sites (tertiary alicyclic amines) is 1. The van der Waals surface area contributed by atoms with Crippen LogP contribution in [0.2, 0.25) is 5.02 Å². The summed E-state index contributed by atoms with van der Waals surface area (Å²) in [6, 6.07) is 15.7. The zero-order chi connectivity index (χ0) is 26.4. The van der Waals surface area contributed by atoms with E-state index in [1.54, 1.807) is 12.1 Å². The fraction of sp³-hybridized carbons (Fsp3) is 0.433. The smallest absolute Gasteiger partial charge is 0.226 e. The number of rotatable bonds is 9. The molecule has 0 saturated carbocycles. The van der Waals surface area contributed by atoms with Crippen LogP contribution in [0.5, 0.6) is 5.75 Å². The van der Waals surface area contributed by atoms with Gasteiger partial charge >= 0.3 is 0 Å². The van der Waals surface area contributed by atoms with Crippen LogP contribution in [0.1, 0.15) is 50.1 Å². The van der Waals surface area contributed by atoms with Crippen molar-refractivity contribution in [2.75, 3.05) is 20.1 Å². The summed E-state index contributed by atoms with van der Waals surface area (Å²) in [4.78, 5) is 27.0. The largest absolute Gasteiger partial charge is 0.506 e. The molecule has 0 spiro atoms. The standard InChI is InChI=1S/C30H37ClN4O2/c1-21(2)35(30(37)24-13-16-34(3)17-14-24)20-23-7-4-8-25(18-23)27-12-15-32-29(33-27)9-5-6-22-10-11-28(36)26(31)19-22/h4,7-8,10-12,15,18-19,21,24,36H,5-6,9,13-14,16-17,20H2,1-3H3. The van der Waals surface area contributed by atoms with Crippen molar-refractivity contribution in [3.8, 4) is 17.0 Å². The van der Waals surface area contributed by atoms with Crippen LogP contribution in [0.25, 0.3) is 11.3 Å². The quantitative estimate of drug-likeness (QED) is 0.388. The first-order valence-electron chi connectivity index (χ1n) is 13.2. The van der Waals surface area contributed by atoms with Gasteiger partial charge in [0.1, 0.15) is 11.6 Å². The summed E-state index contributed by atoms with van der Waals surface area (Å²) in [5, 5.41) is 9.98. The molecule has 1 fully saturated rings. The van der Waals surface area contributed by atoms with E-state index in [1.165, 1.54) is 0 Å². The first-order valence-corrected chi connectivity index (χ1v) is 13.6. The predicted molar refractivity (Wildman–Crippen MR) is 149 cm³/mol. The number of phenolic OH excluding ortho intramolecular Hbond substituents is 1. The lowest BCUT2D eigenvalue weighted by atomic mass is 9.94. The Hall–Kier alpha value is -2.96. The molecule has 2 aromatic carbocycles. The van der Waals surface area contributed by atoms with Gasteiger partial charge in [-0.15, -0.1) is 0 Å². The fourth-order valence-electron chi connectivity index (χ4n) is 4.87. The number of aryl methyl sites for hydroxylation is 2. The van der Waals surface area contributed by atoms with E-state index in [0.717, 1.165) is 73.4 Å². The van der Waals surface area contributed by atoms with Gasteiger partial charge in [0, 0.05) is 36.7 Å². The molecule has 4 rings (SSSR count). The van der Waals surface area contributed by atoms with Gasteiger partial charge < -0.3 is 14.9 Å². The lowest BCUT2D eigenvalue weighted by Crippen LogP contribution is -2.44. The molecule has 1 N–H and O–H groups in total. The zero-order valence-electron chi connectivity index (χ0n) is 22.0. The molecule has 2 heterocycles. The Kier molecular flexibility index (Phi) is 9.17. The molecule has 1 aromatic heterocycles. The first-order chi connectivity index (χ1) is 17.8. The summed E-state index contributed by atoms with van der Waals surface area (Å²) in [6.45, 7) is 6.76. The number of piperidine rings is 1. The number of carbonyl (C=O) groups is 1. The number of phenols is 1. The Labute approximate surface area is 225 Å². The van der Waals surface area contributed by atoms with Gasteiger partial charge in [-0.3, -0.25) is 4.79 Å². The van der Waals surface area contributed by atoms with E-state index in [-0.39, 0.29) is 23.6 Å². The van der Waals surface area contributed by atoms with E-state index in [0.29, 0.717) is 11.6 Å². The maximum absolute atomic E-state index is 13.4. The Balaban J connectivity index is 1.41. The Bertz CT molecular complexity index is 1210. The molecule has 0 unspecified atom stereocenters. The number of hydrogen-bond donors (Lipinski definition) is 1. The van der Waals surface area contributed by atoms with Gasteiger partial charge in [-0.2, -0.15) is 0 Å². The maximum Gasteiger partial charge on any atom is 0.226 e. The average molecular weight is 521 g/mol. The average Bonchev–Trinajstić information content (AvgIpc) is 2.89. The number of aromatic nitrogens is 2. The highest BCUT2D eigenvalue weighted by molar-refractivity contribution is 6.32. The first kappa shape index (κ1) is 27.1. The SMILES string of the molecule is CC(C)N(Cc1cccc(-c2ccnc(CCCc3ccc(O)c(Cl)c3)n2)c1)C(=O)C1CCN(C)CC1. The fourth-order valence-corrected chi connectivity index (χ4v) is 5.07. The molecule has 0 atom stereocenters. The van der Waals surface area contributed by atoms with Crippen molar-refractivity contribution < 1.29 is 9.90 Å². The summed E-state index contributed by atoms with van der Waals surface area (Å²) in [5.41, 5.74) is 4.10. The third-order valence-corrected chi connectivity index (χ3v) is 7.44. The van der Waals surface area contributed by atoms with Crippen molar-refractivity contribution in [3.05, 3.63) is 76.7 Å². The number of aromatic hydroxyl groups is 1. The van der Waals surface area contributed by atoms with Crippen molar-refractivity contribution >= 4 is 17.5 Å². The molecule has 0 radical (unpaired) electrons. The number of halogens is 1. The molecule has 1 aliphatic heterocycles. The Morgan fingerprint density at radius 3 is 2.62 bits per heavy atom. The number of carbonyl (C=O) groups excluding carboxylic acids is 1. The van der Waals surface area contributed by atoms with Crippen molar-refractivity contribution in [1.29, 1.82) is 0 Å². The Morgan fingerprint density at radius 2 is 1.89 bits per heavy atom. The molecule has 37 heavy (non-hydrogen) atoms. The van der Waals surface area contributed by atoms with Crippen molar-refractivity contribution in [1.82, 2.24) is 19.8 Å². The highest BCUT2D eigenvalue weighted by atomic mass is 35.5. The Morgan fingerprint density at radius 1 is 1.11 bits per heavy atom. The molecular formula is C30H37ClN4O2. The highest BCUT2D eigenvalue weighted by Gasteiger charge is 2.29. The maximum atomic E-state index is 13.4. The van der Waals surface area contributed by atoms with Gasteiger partial charge in [0.2, 0.25) is 5.91 Å². The van der Waals surface area contributed by atoms with Gasteiger partial charge in [0.15, 0.2) is 0 Å². The van der Waals surface area contributed by atoms with E-state index in [1.807, 2.05) is 29.3 Å². The number of nitrogens with zero attached hydrogens (tertiary/aromatic N) is 4. The van der Waals surface area contributed by atoms with Crippen LogP contribution < -0.4 is 0 Å². The van der Waals surface area contributed by atoms with E-state index < -0.39 is 0 Å².